The molecule has 3 aromatic carbocycles. The molecule has 0 aliphatic heterocycles. The average Bonchev–Trinajstić information content (AvgIpc) is 3.67. The van der Waals surface area contributed by atoms with Crippen molar-refractivity contribution in [2.45, 2.75) is 32.7 Å². The molecular weight excluding hydrogens is 412 g/mol. The third-order valence-electron chi connectivity index (χ3n) is 5.89. The second-order valence-electron chi connectivity index (χ2n) is 8.70. The van der Waals surface area contributed by atoms with Gasteiger partial charge in [0.05, 0.1) is 20.1 Å². The number of hydrogen-bond donors (Lipinski definition) is 1. The second kappa shape index (κ2) is 10.3. The van der Waals surface area contributed by atoms with Crippen LogP contribution in [0.2, 0.25) is 0 Å². The summed E-state index contributed by atoms with van der Waals surface area (Å²) in [5.41, 5.74) is 4.39. The smallest absolute Gasteiger partial charge is 0.258 e. The maximum Gasteiger partial charge on any atom is 0.258 e. The number of carbonyl (C=O) groups excluding carboxylic acids is 2. The second-order valence-corrected chi connectivity index (χ2v) is 8.70. The van der Waals surface area contributed by atoms with Crippen molar-refractivity contribution < 1.29 is 14.3 Å². The Morgan fingerprint density at radius 2 is 1.73 bits per heavy atom. The number of nitrogens with one attached hydrogen (secondary N) is 1. The number of benzene rings is 3. The third-order valence-corrected chi connectivity index (χ3v) is 5.89. The summed E-state index contributed by atoms with van der Waals surface area (Å²) in [5, 5.41) is 3.01. The van der Waals surface area contributed by atoms with Crippen LogP contribution < -0.4 is 15.0 Å². The topological polar surface area (TPSA) is 58.6 Å². The highest BCUT2D eigenvalue weighted by Gasteiger charge is 2.22. The predicted octanol–water partition coefficient (Wildman–Crippen LogP) is 4.92. The number of carbonyl (C=O) groups is 2. The summed E-state index contributed by atoms with van der Waals surface area (Å²) < 4.78 is 5.31. The van der Waals surface area contributed by atoms with Crippen LogP contribution in [-0.2, 0) is 17.8 Å². The number of ether oxygens (including phenoxy) is 1. The fraction of sp³-hybridized carbons (Fsp3) is 0.286. The Labute approximate surface area is 195 Å². The van der Waals surface area contributed by atoms with Gasteiger partial charge in [0.15, 0.2) is 0 Å². The third kappa shape index (κ3) is 6.22. The Hall–Kier alpha value is -3.60. The molecule has 0 bridgehead atoms. The molecule has 1 aliphatic carbocycles. The van der Waals surface area contributed by atoms with E-state index in [0.717, 1.165) is 23.4 Å². The molecule has 1 fully saturated rings. The standard InChI is InChI=1S/C28H30N2O3/c1-20-9-11-22(12-10-20)19-30(28(32)24-6-4-8-26(17-24)33-2)25-7-3-5-23(15-25)16-27(31)29-18-21-13-14-21/h3-12,15,17,21H,13-14,16,18-19H2,1-2H3,(H,29,31). The Morgan fingerprint density at radius 1 is 0.970 bits per heavy atom. The molecule has 0 saturated heterocycles. The van der Waals surface area contributed by atoms with E-state index in [-0.39, 0.29) is 11.8 Å². The van der Waals surface area contributed by atoms with Crippen LogP contribution in [0.15, 0.2) is 72.8 Å². The highest BCUT2D eigenvalue weighted by Crippen LogP contribution is 2.27. The van der Waals surface area contributed by atoms with Crippen molar-refractivity contribution in [2.75, 3.05) is 18.6 Å². The lowest BCUT2D eigenvalue weighted by molar-refractivity contribution is -0.120. The molecule has 0 heterocycles. The van der Waals surface area contributed by atoms with Crippen molar-refractivity contribution in [3.05, 3.63) is 95.1 Å². The molecule has 0 spiro atoms. The number of aryl methyl sites for hydroxylation is 1. The number of hydrogen-bond acceptors (Lipinski definition) is 3. The van der Waals surface area contributed by atoms with E-state index < -0.39 is 0 Å². The van der Waals surface area contributed by atoms with E-state index in [4.69, 9.17) is 4.74 Å². The molecule has 1 saturated carbocycles. The van der Waals surface area contributed by atoms with Gasteiger partial charge in [0, 0.05) is 17.8 Å². The minimum Gasteiger partial charge on any atom is -0.497 e. The largest absolute Gasteiger partial charge is 0.497 e. The van der Waals surface area contributed by atoms with Crippen LogP contribution in [0.3, 0.4) is 0 Å². The maximum absolute atomic E-state index is 13.6. The highest BCUT2D eigenvalue weighted by molar-refractivity contribution is 6.06. The lowest BCUT2D eigenvalue weighted by Gasteiger charge is -2.24. The molecule has 5 nitrogen and oxygen atoms in total. The Kier molecular flexibility index (Phi) is 7.08. The van der Waals surface area contributed by atoms with Gasteiger partial charge in [-0.2, -0.15) is 0 Å². The summed E-state index contributed by atoms with van der Waals surface area (Å²) in [4.78, 5) is 27.7. The molecule has 5 heteroatoms. The first-order valence-corrected chi connectivity index (χ1v) is 11.4. The predicted molar refractivity (Wildman–Crippen MR) is 131 cm³/mol. The molecule has 1 N–H and O–H groups in total. The van der Waals surface area contributed by atoms with Gasteiger partial charge in [0.2, 0.25) is 5.91 Å². The molecule has 33 heavy (non-hydrogen) atoms. The van der Waals surface area contributed by atoms with Gasteiger partial charge >= 0.3 is 0 Å². The molecule has 0 radical (unpaired) electrons. The summed E-state index contributed by atoms with van der Waals surface area (Å²) in [6, 6.07) is 23.0. The van der Waals surface area contributed by atoms with Crippen molar-refractivity contribution in [1.82, 2.24) is 5.32 Å². The van der Waals surface area contributed by atoms with Crippen LogP contribution in [-0.4, -0.2) is 25.5 Å². The molecule has 2 amide bonds. The maximum atomic E-state index is 13.6. The van der Waals surface area contributed by atoms with Crippen LogP contribution in [0.4, 0.5) is 5.69 Å². The fourth-order valence-corrected chi connectivity index (χ4v) is 3.73. The Bertz CT molecular complexity index is 1120. The molecule has 0 aromatic heterocycles. The summed E-state index contributed by atoms with van der Waals surface area (Å²) >= 11 is 0. The lowest BCUT2D eigenvalue weighted by atomic mass is 10.1. The van der Waals surface area contributed by atoms with E-state index in [1.165, 1.54) is 18.4 Å². The minimum absolute atomic E-state index is 0.0169. The lowest BCUT2D eigenvalue weighted by Crippen LogP contribution is -2.31. The van der Waals surface area contributed by atoms with Crippen molar-refractivity contribution in [1.29, 1.82) is 0 Å². The van der Waals surface area contributed by atoms with Crippen molar-refractivity contribution in [3.63, 3.8) is 0 Å². The zero-order valence-electron chi connectivity index (χ0n) is 19.2. The van der Waals surface area contributed by atoms with E-state index in [1.54, 1.807) is 24.1 Å². The first-order chi connectivity index (χ1) is 16.0. The van der Waals surface area contributed by atoms with Gasteiger partial charge in [-0.15, -0.1) is 0 Å². The van der Waals surface area contributed by atoms with Gasteiger partial charge in [-0.25, -0.2) is 0 Å². The first kappa shape index (κ1) is 22.6. The van der Waals surface area contributed by atoms with Crippen LogP contribution >= 0.6 is 0 Å². The van der Waals surface area contributed by atoms with Gasteiger partial charge in [0.1, 0.15) is 5.75 Å². The quantitative estimate of drug-likeness (QED) is 0.512. The van der Waals surface area contributed by atoms with Crippen molar-refractivity contribution in [2.24, 2.45) is 5.92 Å². The number of rotatable bonds is 9. The fourth-order valence-electron chi connectivity index (χ4n) is 3.73. The zero-order chi connectivity index (χ0) is 23.2. The molecular formula is C28H30N2O3. The van der Waals surface area contributed by atoms with Crippen LogP contribution in [0.1, 0.15) is 39.9 Å². The normalized spacial score (nSPS) is 12.8. The van der Waals surface area contributed by atoms with E-state index in [2.05, 4.69) is 5.32 Å². The van der Waals surface area contributed by atoms with Gasteiger partial charge in [-0.1, -0.05) is 48.0 Å². The Balaban J connectivity index is 1.59. The SMILES string of the molecule is COc1cccc(C(=O)N(Cc2ccc(C)cc2)c2cccc(CC(=O)NCC3CC3)c2)c1. The van der Waals surface area contributed by atoms with Crippen LogP contribution in [0.25, 0.3) is 0 Å². The first-order valence-electron chi connectivity index (χ1n) is 11.4. The Morgan fingerprint density at radius 3 is 2.45 bits per heavy atom. The minimum atomic E-state index is -0.121. The van der Waals surface area contributed by atoms with E-state index >= 15 is 0 Å². The van der Waals surface area contributed by atoms with Gasteiger partial charge in [0.25, 0.3) is 5.91 Å². The van der Waals surface area contributed by atoms with Gasteiger partial charge in [-0.3, -0.25) is 9.59 Å². The van der Waals surface area contributed by atoms with E-state index in [0.29, 0.717) is 30.2 Å². The summed E-state index contributed by atoms with van der Waals surface area (Å²) in [6.45, 7) is 3.22. The van der Waals surface area contributed by atoms with Crippen LogP contribution in [0.5, 0.6) is 5.75 Å². The van der Waals surface area contributed by atoms with Gasteiger partial charge < -0.3 is 15.0 Å². The number of anilines is 1. The van der Waals surface area contributed by atoms with Gasteiger partial charge in [-0.05, 0) is 67.1 Å². The number of amides is 2. The highest BCUT2D eigenvalue weighted by atomic mass is 16.5. The van der Waals surface area contributed by atoms with Crippen LogP contribution in [0, 0.1) is 12.8 Å². The average molecular weight is 443 g/mol. The monoisotopic (exact) mass is 442 g/mol. The molecule has 0 unspecified atom stereocenters. The molecule has 170 valence electrons. The summed E-state index contributed by atoms with van der Waals surface area (Å²) in [6.07, 6.45) is 2.71. The molecule has 1 aliphatic rings. The summed E-state index contributed by atoms with van der Waals surface area (Å²) in [7, 11) is 1.59. The summed E-state index contributed by atoms with van der Waals surface area (Å²) in [5.74, 6) is 1.18. The number of methoxy groups -OCH3 is 1. The van der Waals surface area contributed by atoms with Crippen molar-refractivity contribution in [3.8, 4) is 5.75 Å². The molecule has 0 atom stereocenters. The van der Waals surface area contributed by atoms with E-state index in [1.807, 2.05) is 67.6 Å². The zero-order valence-corrected chi connectivity index (χ0v) is 19.2. The van der Waals surface area contributed by atoms with Crippen molar-refractivity contribution >= 4 is 17.5 Å². The molecule has 3 aromatic rings. The van der Waals surface area contributed by atoms with E-state index in [9.17, 15) is 9.59 Å². The molecule has 4 rings (SSSR count). The number of nitrogens with zero attached hydrogens (tertiary/aromatic N) is 1.